The van der Waals surface area contributed by atoms with Crippen LogP contribution in [0.5, 0.6) is 0 Å². The minimum Gasteiger partial charge on any atom is -0.465 e. The number of carboxylic acid groups (broad SMARTS) is 1. The molecule has 0 fully saturated rings. The van der Waals surface area contributed by atoms with Crippen LogP contribution in [0.2, 0.25) is 5.02 Å². The first-order chi connectivity index (χ1) is 8.99. The predicted molar refractivity (Wildman–Crippen MR) is 66.9 cm³/mol. The van der Waals surface area contributed by atoms with Crippen LogP contribution >= 0.6 is 11.6 Å². The molecule has 102 valence electrons. The van der Waals surface area contributed by atoms with Crippen molar-refractivity contribution in [2.75, 3.05) is 18.4 Å². The number of aromatic nitrogens is 1. The number of hydrogen-bond donors (Lipinski definition) is 4. The van der Waals surface area contributed by atoms with Gasteiger partial charge in [-0.3, -0.25) is 9.59 Å². The van der Waals surface area contributed by atoms with Crippen LogP contribution < -0.4 is 16.0 Å². The summed E-state index contributed by atoms with van der Waals surface area (Å²) in [5, 5.41) is 15.2. The second-order valence-electron chi connectivity index (χ2n) is 3.30. The zero-order valence-corrected chi connectivity index (χ0v) is 10.4. The zero-order chi connectivity index (χ0) is 14.3. The van der Waals surface area contributed by atoms with Gasteiger partial charge in [0.05, 0.1) is 5.02 Å². The SMILES string of the molecule is O=C(O)NCCNC(=O)C(=O)Nc1ccc(Cl)cn1. The number of rotatable bonds is 4. The summed E-state index contributed by atoms with van der Waals surface area (Å²) in [5.74, 6) is -1.60. The molecular weight excluding hydrogens is 276 g/mol. The number of nitrogens with zero attached hydrogens (tertiary/aromatic N) is 1. The van der Waals surface area contributed by atoms with Crippen LogP contribution in [-0.2, 0) is 9.59 Å². The van der Waals surface area contributed by atoms with Crippen molar-refractivity contribution in [3.05, 3.63) is 23.4 Å². The number of anilines is 1. The molecule has 0 saturated heterocycles. The highest BCUT2D eigenvalue weighted by Crippen LogP contribution is 2.09. The molecule has 0 saturated carbocycles. The second kappa shape index (κ2) is 7.17. The van der Waals surface area contributed by atoms with Gasteiger partial charge in [0.1, 0.15) is 5.82 Å². The van der Waals surface area contributed by atoms with E-state index in [2.05, 4.69) is 15.6 Å². The summed E-state index contributed by atoms with van der Waals surface area (Å²) in [4.78, 5) is 36.6. The first-order valence-corrected chi connectivity index (χ1v) is 5.54. The third-order valence-electron chi connectivity index (χ3n) is 1.86. The van der Waals surface area contributed by atoms with Crippen LogP contribution in [-0.4, -0.2) is 41.1 Å². The van der Waals surface area contributed by atoms with E-state index >= 15 is 0 Å². The van der Waals surface area contributed by atoms with Gasteiger partial charge in [-0.25, -0.2) is 9.78 Å². The van der Waals surface area contributed by atoms with E-state index in [0.717, 1.165) is 0 Å². The van der Waals surface area contributed by atoms with Crippen molar-refractivity contribution in [2.24, 2.45) is 0 Å². The molecule has 1 heterocycles. The van der Waals surface area contributed by atoms with Crippen molar-refractivity contribution in [2.45, 2.75) is 0 Å². The maximum Gasteiger partial charge on any atom is 0.404 e. The lowest BCUT2D eigenvalue weighted by Crippen LogP contribution is -2.39. The van der Waals surface area contributed by atoms with Crippen LogP contribution in [0.1, 0.15) is 0 Å². The quantitative estimate of drug-likeness (QED) is 0.461. The lowest BCUT2D eigenvalue weighted by Gasteiger charge is -2.05. The average molecular weight is 287 g/mol. The molecule has 0 aliphatic rings. The standard InChI is InChI=1S/C10H11ClN4O4/c11-6-1-2-7(14-5-6)15-9(17)8(16)12-3-4-13-10(18)19/h1-2,5,13H,3-4H2,(H,12,16)(H,18,19)(H,14,15,17). The summed E-state index contributed by atoms with van der Waals surface area (Å²) in [6, 6.07) is 2.96. The Morgan fingerprint density at radius 2 is 1.84 bits per heavy atom. The average Bonchev–Trinajstić information content (AvgIpc) is 2.36. The largest absolute Gasteiger partial charge is 0.465 e. The Hall–Kier alpha value is -2.35. The van der Waals surface area contributed by atoms with Gasteiger partial charge in [0.25, 0.3) is 0 Å². The van der Waals surface area contributed by atoms with Crippen molar-refractivity contribution < 1.29 is 19.5 Å². The lowest BCUT2D eigenvalue weighted by atomic mass is 10.4. The van der Waals surface area contributed by atoms with Gasteiger partial charge in [-0.1, -0.05) is 11.6 Å². The molecule has 3 amide bonds. The van der Waals surface area contributed by atoms with E-state index in [1.54, 1.807) is 0 Å². The fraction of sp³-hybridized carbons (Fsp3) is 0.200. The van der Waals surface area contributed by atoms with E-state index < -0.39 is 17.9 Å². The lowest BCUT2D eigenvalue weighted by molar-refractivity contribution is -0.136. The Balaban J connectivity index is 2.34. The highest BCUT2D eigenvalue weighted by atomic mass is 35.5. The van der Waals surface area contributed by atoms with E-state index in [1.165, 1.54) is 18.3 Å². The van der Waals surface area contributed by atoms with Crippen LogP contribution in [0.15, 0.2) is 18.3 Å². The van der Waals surface area contributed by atoms with Gasteiger partial charge in [-0.15, -0.1) is 0 Å². The van der Waals surface area contributed by atoms with Gasteiger partial charge >= 0.3 is 17.9 Å². The normalized spacial score (nSPS) is 9.53. The molecule has 0 aromatic carbocycles. The van der Waals surface area contributed by atoms with E-state index in [0.29, 0.717) is 5.02 Å². The first kappa shape index (κ1) is 14.7. The minimum absolute atomic E-state index is 0.00655. The van der Waals surface area contributed by atoms with Crippen LogP contribution in [0, 0.1) is 0 Å². The van der Waals surface area contributed by atoms with Crippen molar-refractivity contribution in [1.29, 1.82) is 0 Å². The summed E-state index contributed by atoms with van der Waals surface area (Å²) >= 11 is 5.61. The van der Waals surface area contributed by atoms with Gasteiger partial charge in [-0.2, -0.15) is 0 Å². The molecule has 1 aromatic rings. The number of amides is 3. The Labute approximate surface area is 113 Å². The molecule has 19 heavy (non-hydrogen) atoms. The Bertz CT molecular complexity index is 477. The molecule has 4 N–H and O–H groups in total. The summed E-state index contributed by atoms with van der Waals surface area (Å²) in [6.45, 7) is 0.0140. The number of nitrogens with one attached hydrogen (secondary N) is 3. The zero-order valence-electron chi connectivity index (χ0n) is 9.64. The highest BCUT2D eigenvalue weighted by Gasteiger charge is 2.13. The molecule has 0 spiro atoms. The number of hydrogen-bond acceptors (Lipinski definition) is 4. The van der Waals surface area contributed by atoms with E-state index in [1.807, 2.05) is 5.32 Å². The van der Waals surface area contributed by atoms with Gasteiger partial charge < -0.3 is 21.1 Å². The van der Waals surface area contributed by atoms with Crippen molar-refractivity contribution >= 4 is 35.3 Å². The number of halogens is 1. The van der Waals surface area contributed by atoms with Crippen LogP contribution in [0.3, 0.4) is 0 Å². The minimum atomic E-state index is -1.20. The molecule has 0 aliphatic carbocycles. The Kier molecular flexibility index (Phi) is 5.55. The Morgan fingerprint density at radius 1 is 1.16 bits per heavy atom. The summed E-state index contributed by atoms with van der Waals surface area (Å²) in [6.07, 6.45) is 0.121. The molecular formula is C10H11ClN4O4. The second-order valence-corrected chi connectivity index (χ2v) is 3.74. The topological polar surface area (TPSA) is 120 Å². The third kappa shape index (κ3) is 5.68. The molecule has 0 atom stereocenters. The predicted octanol–water partition coefficient (Wildman–Crippen LogP) is 0.0573. The summed E-state index contributed by atoms with van der Waals surface area (Å²) in [7, 11) is 0. The van der Waals surface area contributed by atoms with E-state index in [4.69, 9.17) is 16.7 Å². The fourth-order valence-electron chi connectivity index (χ4n) is 1.05. The van der Waals surface area contributed by atoms with Gasteiger partial charge in [-0.05, 0) is 12.1 Å². The van der Waals surface area contributed by atoms with Crippen LogP contribution in [0.4, 0.5) is 10.6 Å². The first-order valence-electron chi connectivity index (χ1n) is 5.16. The summed E-state index contributed by atoms with van der Waals surface area (Å²) in [5.41, 5.74) is 0. The molecule has 0 bridgehead atoms. The molecule has 0 aliphatic heterocycles. The monoisotopic (exact) mass is 286 g/mol. The van der Waals surface area contributed by atoms with Crippen LogP contribution in [0.25, 0.3) is 0 Å². The van der Waals surface area contributed by atoms with Crippen molar-refractivity contribution in [3.8, 4) is 0 Å². The molecule has 1 aromatic heterocycles. The summed E-state index contributed by atoms with van der Waals surface area (Å²) < 4.78 is 0. The smallest absolute Gasteiger partial charge is 0.404 e. The molecule has 0 unspecified atom stereocenters. The molecule has 1 rings (SSSR count). The van der Waals surface area contributed by atoms with Gasteiger partial charge in [0.2, 0.25) is 0 Å². The van der Waals surface area contributed by atoms with Crippen molar-refractivity contribution in [1.82, 2.24) is 15.6 Å². The molecule has 9 heteroatoms. The van der Waals surface area contributed by atoms with Gasteiger partial charge in [0, 0.05) is 19.3 Å². The Morgan fingerprint density at radius 3 is 2.42 bits per heavy atom. The fourth-order valence-corrected chi connectivity index (χ4v) is 1.16. The maximum atomic E-state index is 11.4. The highest BCUT2D eigenvalue weighted by molar-refractivity contribution is 6.39. The molecule has 8 nitrogen and oxygen atoms in total. The van der Waals surface area contributed by atoms with E-state index in [9.17, 15) is 14.4 Å². The number of pyridine rings is 1. The molecule has 0 radical (unpaired) electrons. The van der Waals surface area contributed by atoms with Gasteiger partial charge in [0.15, 0.2) is 0 Å². The van der Waals surface area contributed by atoms with E-state index in [-0.39, 0.29) is 18.9 Å². The number of carbonyl (C=O) groups is 3. The van der Waals surface area contributed by atoms with Crippen molar-refractivity contribution in [3.63, 3.8) is 0 Å². The third-order valence-corrected chi connectivity index (χ3v) is 2.09. The number of carbonyl (C=O) groups excluding carboxylic acids is 2. The maximum absolute atomic E-state index is 11.4.